The fourth-order valence-electron chi connectivity index (χ4n) is 1.03. The molecule has 0 saturated carbocycles. The smallest absolute Gasteiger partial charge is 0.550 e. The van der Waals surface area contributed by atoms with Crippen molar-refractivity contribution in [2.45, 2.75) is 12.8 Å². The fraction of sp³-hybridized carbons (Fsp3) is 0.500. The number of methoxy groups -OCH3 is 1. The van der Waals surface area contributed by atoms with Gasteiger partial charge in [-0.1, -0.05) is 6.58 Å². The molecule has 90 valence electrons. The molecule has 0 aliphatic carbocycles. The van der Waals surface area contributed by atoms with Crippen molar-refractivity contribution >= 4 is 17.9 Å². The predicted molar refractivity (Wildman–Crippen MR) is 50.9 cm³/mol. The van der Waals surface area contributed by atoms with Gasteiger partial charge >= 0.3 is 41.5 Å². The first-order valence-corrected chi connectivity index (χ1v) is 4.58. The molecule has 0 aliphatic heterocycles. The van der Waals surface area contributed by atoms with E-state index >= 15 is 0 Å². The summed E-state index contributed by atoms with van der Waals surface area (Å²) in [5, 5.41) is 10.3. The molecule has 0 spiro atoms. The number of carboxylic acid groups (broad SMARTS) is 1. The van der Waals surface area contributed by atoms with E-state index in [2.05, 4.69) is 16.1 Å². The molecule has 0 fully saturated rings. The first-order valence-electron chi connectivity index (χ1n) is 4.58. The molecule has 0 heterocycles. The minimum absolute atomic E-state index is 0. The standard InChI is InChI=1S/C10H14O6.Na/c1-3-9(13)16-5-4-7(6-8(11)12)10(14)15-2;/h3,7H,1,4-6H2,2H3,(H,11,12);/q;+1/p-1. The zero-order valence-electron chi connectivity index (χ0n) is 9.93. The molecule has 6 nitrogen and oxygen atoms in total. The van der Waals surface area contributed by atoms with Gasteiger partial charge < -0.3 is 19.4 Å². The molecule has 7 heteroatoms. The van der Waals surface area contributed by atoms with Crippen LogP contribution in [0.2, 0.25) is 0 Å². The maximum absolute atomic E-state index is 11.1. The quantitative estimate of drug-likeness (QED) is 0.261. The first kappa shape index (κ1) is 18.5. The van der Waals surface area contributed by atoms with Crippen LogP contribution in [0.25, 0.3) is 0 Å². The molecule has 0 aromatic rings. The average Bonchev–Trinajstić information content (AvgIpc) is 2.25. The molecule has 0 radical (unpaired) electrons. The Hall–Kier alpha value is -0.850. The van der Waals surface area contributed by atoms with Crippen LogP contribution in [-0.4, -0.2) is 31.6 Å². The number of aliphatic carboxylic acids is 1. The molecule has 0 saturated heterocycles. The Labute approximate surface area is 121 Å². The van der Waals surface area contributed by atoms with Gasteiger partial charge in [-0.2, -0.15) is 0 Å². The van der Waals surface area contributed by atoms with Crippen LogP contribution in [0.15, 0.2) is 12.7 Å². The monoisotopic (exact) mass is 252 g/mol. The van der Waals surface area contributed by atoms with Crippen molar-refractivity contribution in [3.63, 3.8) is 0 Å². The van der Waals surface area contributed by atoms with E-state index in [9.17, 15) is 19.5 Å². The van der Waals surface area contributed by atoms with Crippen molar-refractivity contribution < 1.29 is 58.5 Å². The Morgan fingerprint density at radius 2 is 2.00 bits per heavy atom. The molecule has 1 unspecified atom stereocenters. The van der Waals surface area contributed by atoms with Crippen molar-refractivity contribution in [2.75, 3.05) is 13.7 Å². The van der Waals surface area contributed by atoms with Gasteiger partial charge in [0.25, 0.3) is 0 Å². The van der Waals surface area contributed by atoms with E-state index in [0.29, 0.717) is 0 Å². The first-order chi connectivity index (χ1) is 7.51. The summed E-state index contributed by atoms with van der Waals surface area (Å²) in [7, 11) is 1.15. The minimum Gasteiger partial charge on any atom is -0.550 e. The second-order valence-electron chi connectivity index (χ2n) is 2.96. The number of rotatable bonds is 7. The third-order valence-electron chi connectivity index (χ3n) is 1.82. The van der Waals surface area contributed by atoms with Crippen LogP contribution in [0.4, 0.5) is 0 Å². The topological polar surface area (TPSA) is 92.7 Å². The molecular weight excluding hydrogens is 239 g/mol. The summed E-state index contributed by atoms with van der Waals surface area (Å²) in [5.41, 5.74) is 0. The van der Waals surface area contributed by atoms with Gasteiger partial charge in [-0.3, -0.25) is 4.79 Å². The van der Waals surface area contributed by atoms with Crippen molar-refractivity contribution in [1.29, 1.82) is 0 Å². The maximum atomic E-state index is 11.1. The van der Waals surface area contributed by atoms with Gasteiger partial charge in [-0.05, 0) is 6.42 Å². The summed E-state index contributed by atoms with van der Waals surface area (Å²) in [6, 6.07) is 0. The SMILES string of the molecule is C=CC(=O)OCCC(CC(=O)[O-])C(=O)OC.[Na+]. The fourth-order valence-corrected chi connectivity index (χ4v) is 1.03. The molecule has 17 heavy (non-hydrogen) atoms. The van der Waals surface area contributed by atoms with Crippen LogP contribution < -0.4 is 34.7 Å². The molecule has 0 rings (SSSR count). The van der Waals surface area contributed by atoms with E-state index in [1.807, 2.05) is 0 Å². The van der Waals surface area contributed by atoms with Gasteiger partial charge in [-0.15, -0.1) is 0 Å². The van der Waals surface area contributed by atoms with Crippen molar-refractivity contribution in [3.8, 4) is 0 Å². The second kappa shape index (κ2) is 10.3. The Balaban J connectivity index is 0. The van der Waals surface area contributed by atoms with E-state index in [4.69, 9.17) is 0 Å². The molecule has 0 amide bonds. The van der Waals surface area contributed by atoms with Crippen LogP contribution in [-0.2, 0) is 23.9 Å². The summed E-state index contributed by atoms with van der Waals surface area (Å²) in [6.07, 6.45) is 0.588. The Morgan fingerprint density at radius 3 is 2.41 bits per heavy atom. The summed E-state index contributed by atoms with van der Waals surface area (Å²) < 4.78 is 9.03. The number of hydrogen-bond donors (Lipinski definition) is 0. The Kier molecular flexibility index (Phi) is 11.2. The van der Waals surface area contributed by atoms with Gasteiger partial charge in [0.1, 0.15) is 0 Å². The number of esters is 2. The summed E-state index contributed by atoms with van der Waals surface area (Å²) in [6.45, 7) is 3.12. The zero-order valence-corrected chi connectivity index (χ0v) is 11.9. The normalized spacial score (nSPS) is 10.6. The van der Waals surface area contributed by atoms with Crippen molar-refractivity contribution in [1.82, 2.24) is 0 Å². The summed E-state index contributed by atoms with van der Waals surface area (Å²) in [5.74, 6) is -3.52. The summed E-state index contributed by atoms with van der Waals surface area (Å²) >= 11 is 0. The number of carboxylic acids is 1. The number of carbonyl (C=O) groups is 3. The second-order valence-corrected chi connectivity index (χ2v) is 2.96. The number of carbonyl (C=O) groups excluding carboxylic acids is 3. The molecular formula is C10H13NaO6. The van der Waals surface area contributed by atoms with E-state index < -0.39 is 30.2 Å². The average molecular weight is 252 g/mol. The van der Waals surface area contributed by atoms with E-state index in [1.54, 1.807) is 0 Å². The zero-order chi connectivity index (χ0) is 12.6. The van der Waals surface area contributed by atoms with Gasteiger partial charge in [0, 0.05) is 18.5 Å². The molecule has 0 aromatic heterocycles. The maximum Gasteiger partial charge on any atom is 1.00 e. The molecule has 0 aliphatic rings. The Bertz CT molecular complexity index is 289. The molecule has 0 aromatic carbocycles. The van der Waals surface area contributed by atoms with Gasteiger partial charge in [-0.25, -0.2) is 4.79 Å². The number of ether oxygens (including phenoxy) is 2. The van der Waals surface area contributed by atoms with Crippen molar-refractivity contribution in [3.05, 3.63) is 12.7 Å². The van der Waals surface area contributed by atoms with Crippen LogP contribution in [0.3, 0.4) is 0 Å². The van der Waals surface area contributed by atoms with E-state index in [-0.39, 0.29) is 42.6 Å². The van der Waals surface area contributed by atoms with E-state index in [1.165, 1.54) is 0 Å². The van der Waals surface area contributed by atoms with Gasteiger partial charge in [0.15, 0.2) is 0 Å². The molecule has 1 atom stereocenters. The third kappa shape index (κ3) is 8.91. The van der Waals surface area contributed by atoms with Crippen LogP contribution in [0.5, 0.6) is 0 Å². The molecule has 0 bridgehead atoms. The van der Waals surface area contributed by atoms with Gasteiger partial charge in [0.2, 0.25) is 0 Å². The van der Waals surface area contributed by atoms with Crippen LogP contribution >= 0.6 is 0 Å². The minimum atomic E-state index is -1.36. The number of hydrogen-bond acceptors (Lipinski definition) is 6. The van der Waals surface area contributed by atoms with E-state index in [0.717, 1.165) is 13.2 Å². The predicted octanol–water partition coefficient (Wildman–Crippen LogP) is -3.96. The third-order valence-corrected chi connectivity index (χ3v) is 1.82. The summed E-state index contributed by atoms with van der Waals surface area (Å²) in [4.78, 5) is 32.1. The molecule has 0 N–H and O–H groups in total. The van der Waals surface area contributed by atoms with Crippen LogP contribution in [0.1, 0.15) is 12.8 Å². The van der Waals surface area contributed by atoms with Gasteiger partial charge in [0.05, 0.1) is 19.6 Å². The Morgan fingerprint density at radius 1 is 1.41 bits per heavy atom. The van der Waals surface area contributed by atoms with Crippen LogP contribution in [0, 0.1) is 5.92 Å². The largest absolute Gasteiger partial charge is 1.00 e. The van der Waals surface area contributed by atoms with Crippen molar-refractivity contribution in [2.24, 2.45) is 5.92 Å².